The molecule has 0 bridgehead atoms. The van der Waals surface area contributed by atoms with Crippen LogP contribution < -0.4 is 16.0 Å². The van der Waals surface area contributed by atoms with Gasteiger partial charge in [0.25, 0.3) is 0 Å². The van der Waals surface area contributed by atoms with Crippen LogP contribution in [0, 0.1) is 18.3 Å². The first-order valence-electron chi connectivity index (χ1n) is 5.08. The minimum atomic E-state index is 0.226. The molecule has 0 aromatic carbocycles. The molecule has 3 aliphatic rings. The second kappa shape index (κ2) is 2.71. The highest BCUT2D eigenvalue weighted by molar-refractivity contribution is 5.11. The molecule has 0 amide bonds. The van der Waals surface area contributed by atoms with Crippen LogP contribution in [0.1, 0.15) is 12.8 Å². The summed E-state index contributed by atoms with van der Waals surface area (Å²) in [7, 11) is 0. The van der Waals surface area contributed by atoms with E-state index in [-0.39, 0.29) is 6.04 Å². The van der Waals surface area contributed by atoms with Gasteiger partial charge in [0.15, 0.2) is 0 Å². The number of piperidine rings is 1. The number of hydrogen-bond acceptors (Lipinski definition) is 3. The summed E-state index contributed by atoms with van der Waals surface area (Å²) in [5.41, 5.74) is 0. The number of nitrogens with one attached hydrogen (secondary N) is 3. The maximum atomic E-state index is 5.36. The minimum Gasteiger partial charge on any atom is -0.308 e. The largest absolute Gasteiger partial charge is 0.308 e. The van der Waals surface area contributed by atoms with E-state index in [9.17, 15) is 0 Å². The lowest BCUT2D eigenvalue weighted by Crippen LogP contribution is -2.49. The number of hydrogen-bond donors (Lipinski definition) is 3. The highest BCUT2D eigenvalue weighted by Gasteiger charge is 2.48. The molecular weight excluding hydrogens is 162 g/mol. The van der Waals surface area contributed by atoms with E-state index in [2.05, 4.69) is 21.9 Å². The molecule has 5 atom stereocenters. The average molecular weight is 177 g/mol. The third-order valence-corrected chi connectivity index (χ3v) is 3.43. The van der Waals surface area contributed by atoms with Crippen molar-refractivity contribution in [2.45, 2.75) is 37.1 Å². The van der Waals surface area contributed by atoms with Crippen LogP contribution in [-0.2, 0) is 0 Å². The van der Waals surface area contributed by atoms with Crippen LogP contribution in [0.4, 0.5) is 0 Å². The van der Waals surface area contributed by atoms with Gasteiger partial charge in [0, 0.05) is 18.6 Å². The lowest BCUT2D eigenvalue weighted by molar-refractivity contribution is 0.385. The molecule has 1 saturated carbocycles. The van der Waals surface area contributed by atoms with Gasteiger partial charge in [-0.3, -0.25) is 10.6 Å². The van der Waals surface area contributed by atoms with Crippen molar-refractivity contribution >= 4 is 0 Å². The van der Waals surface area contributed by atoms with Gasteiger partial charge in [0.05, 0.1) is 12.2 Å². The Morgan fingerprint density at radius 1 is 1.15 bits per heavy atom. The highest BCUT2D eigenvalue weighted by Crippen LogP contribution is 2.41. The SMILES string of the molecule is C#CC1CNC([C@@H]2C[C@H]3C[C@H]3N2)N1. The molecule has 0 aromatic heterocycles. The Kier molecular flexibility index (Phi) is 1.63. The molecule has 0 spiro atoms. The summed E-state index contributed by atoms with van der Waals surface area (Å²) in [6.07, 6.45) is 8.46. The van der Waals surface area contributed by atoms with Crippen molar-refractivity contribution in [2.75, 3.05) is 6.54 Å². The maximum absolute atomic E-state index is 5.36. The highest BCUT2D eigenvalue weighted by atomic mass is 15.3. The van der Waals surface area contributed by atoms with Crippen molar-refractivity contribution in [3.8, 4) is 12.3 Å². The van der Waals surface area contributed by atoms with Crippen LogP contribution in [0.15, 0.2) is 0 Å². The van der Waals surface area contributed by atoms with Crippen LogP contribution in [0.5, 0.6) is 0 Å². The summed E-state index contributed by atoms with van der Waals surface area (Å²) in [6, 6.07) is 1.64. The number of terminal acetylenes is 1. The van der Waals surface area contributed by atoms with E-state index in [0.29, 0.717) is 12.2 Å². The molecule has 3 heteroatoms. The van der Waals surface area contributed by atoms with Crippen molar-refractivity contribution in [2.24, 2.45) is 5.92 Å². The predicted molar refractivity (Wildman–Crippen MR) is 51.0 cm³/mol. The van der Waals surface area contributed by atoms with Crippen LogP contribution >= 0.6 is 0 Å². The third-order valence-electron chi connectivity index (χ3n) is 3.43. The molecule has 3 N–H and O–H groups in total. The number of rotatable bonds is 1. The molecule has 70 valence electrons. The molecule has 0 radical (unpaired) electrons. The van der Waals surface area contributed by atoms with Gasteiger partial charge in [-0.15, -0.1) is 6.42 Å². The fourth-order valence-corrected chi connectivity index (χ4v) is 2.56. The summed E-state index contributed by atoms with van der Waals surface area (Å²) in [5, 5.41) is 10.5. The summed E-state index contributed by atoms with van der Waals surface area (Å²) >= 11 is 0. The monoisotopic (exact) mass is 177 g/mol. The molecule has 3 nitrogen and oxygen atoms in total. The zero-order valence-corrected chi connectivity index (χ0v) is 7.59. The van der Waals surface area contributed by atoms with Crippen molar-refractivity contribution in [3.05, 3.63) is 0 Å². The standard InChI is InChI=1S/C10H15N3/c1-2-7-5-11-10(12-7)9-4-6-3-8(6)13-9/h1,6-13H,3-5H2/t6-,7?,8-,9+,10?/m1/s1. The van der Waals surface area contributed by atoms with Crippen LogP contribution in [0.25, 0.3) is 0 Å². The van der Waals surface area contributed by atoms with Crippen LogP contribution in [0.3, 0.4) is 0 Å². The predicted octanol–water partition coefficient (Wildman–Crippen LogP) is -0.742. The van der Waals surface area contributed by atoms with Crippen molar-refractivity contribution in [1.29, 1.82) is 0 Å². The Bertz CT molecular complexity index is 247. The van der Waals surface area contributed by atoms with Gasteiger partial charge >= 0.3 is 0 Å². The minimum absolute atomic E-state index is 0.226. The van der Waals surface area contributed by atoms with Gasteiger partial charge in [0.1, 0.15) is 0 Å². The number of fused-ring (bicyclic) bond motifs is 1. The van der Waals surface area contributed by atoms with Crippen molar-refractivity contribution < 1.29 is 0 Å². The molecule has 13 heavy (non-hydrogen) atoms. The molecule has 3 fully saturated rings. The van der Waals surface area contributed by atoms with E-state index in [4.69, 9.17) is 6.42 Å². The zero-order valence-electron chi connectivity index (χ0n) is 7.59. The van der Waals surface area contributed by atoms with E-state index in [1.807, 2.05) is 0 Å². The Labute approximate surface area is 78.7 Å². The lowest BCUT2D eigenvalue weighted by atomic mass is 10.1. The first-order chi connectivity index (χ1) is 6.36. The maximum Gasteiger partial charge on any atom is 0.0826 e. The van der Waals surface area contributed by atoms with Gasteiger partial charge in [-0.25, -0.2) is 0 Å². The van der Waals surface area contributed by atoms with Gasteiger partial charge in [0.2, 0.25) is 0 Å². The summed E-state index contributed by atoms with van der Waals surface area (Å²) in [4.78, 5) is 0. The zero-order chi connectivity index (χ0) is 8.84. The molecular formula is C10H15N3. The third kappa shape index (κ3) is 1.26. The second-order valence-corrected chi connectivity index (χ2v) is 4.38. The van der Waals surface area contributed by atoms with Gasteiger partial charge in [-0.1, -0.05) is 5.92 Å². The summed E-state index contributed by atoms with van der Waals surface area (Å²) in [6.45, 7) is 0.911. The van der Waals surface area contributed by atoms with E-state index >= 15 is 0 Å². The first kappa shape index (κ1) is 7.81. The molecule has 2 heterocycles. The average Bonchev–Trinajstić information content (AvgIpc) is 2.67. The molecule has 2 unspecified atom stereocenters. The second-order valence-electron chi connectivity index (χ2n) is 4.38. The van der Waals surface area contributed by atoms with Crippen LogP contribution in [-0.4, -0.2) is 30.8 Å². The quantitative estimate of drug-likeness (QED) is 0.462. The Morgan fingerprint density at radius 2 is 2.00 bits per heavy atom. The Hall–Kier alpha value is -0.560. The fourth-order valence-electron chi connectivity index (χ4n) is 2.56. The smallest absolute Gasteiger partial charge is 0.0826 e. The normalized spacial score (nSPS) is 53.0. The molecule has 0 aromatic rings. The van der Waals surface area contributed by atoms with Gasteiger partial charge < -0.3 is 5.32 Å². The van der Waals surface area contributed by atoms with Crippen molar-refractivity contribution in [3.63, 3.8) is 0 Å². The van der Waals surface area contributed by atoms with Crippen molar-refractivity contribution in [1.82, 2.24) is 16.0 Å². The molecule has 3 rings (SSSR count). The van der Waals surface area contributed by atoms with Gasteiger partial charge in [-0.2, -0.15) is 0 Å². The topological polar surface area (TPSA) is 36.1 Å². The Balaban J connectivity index is 1.59. The summed E-state index contributed by atoms with van der Waals surface area (Å²) < 4.78 is 0. The fraction of sp³-hybridized carbons (Fsp3) is 0.800. The van der Waals surface area contributed by atoms with Gasteiger partial charge in [-0.05, 0) is 18.8 Å². The lowest BCUT2D eigenvalue weighted by Gasteiger charge is -2.21. The Morgan fingerprint density at radius 3 is 2.62 bits per heavy atom. The first-order valence-corrected chi connectivity index (χ1v) is 5.08. The van der Waals surface area contributed by atoms with E-state index in [0.717, 1.165) is 18.5 Å². The molecule has 2 saturated heterocycles. The van der Waals surface area contributed by atoms with E-state index in [1.54, 1.807) is 0 Å². The molecule has 1 aliphatic carbocycles. The van der Waals surface area contributed by atoms with E-state index in [1.165, 1.54) is 12.8 Å². The van der Waals surface area contributed by atoms with Crippen LogP contribution in [0.2, 0.25) is 0 Å². The van der Waals surface area contributed by atoms with E-state index < -0.39 is 0 Å². The summed E-state index contributed by atoms with van der Waals surface area (Å²) in [5.74, 6) is 3.70. The molecule has 2 aliphatic heterocycles.